The monoisotopic (exact) mass is 463 g/mol. The molecule has 7 aromatic rings. The lowest BCUT2D eigenvalue weighted by Gasteiger charge is -2.08. The van der Waals surface area contributed by atoms with Crippen LogP contribution in [0.15, 0.2) is 128 Å². The third-order valence-corrected chi connectivity index (χ3v) is 8.04. The first-order valence-electron chi connectivity index (χ1n) is 11.8. The number of hydrogen-bond acceptors (Lipinski definition) is 2. The molecule has 1 nitrogen and oxygen atoms in total. The highest BCUT2D eigenvalue weighted by atomic mass is 32.1. The van der Waals surface area contributed by atoms with Crippen LogP contribution in [-0.2, 0) is 0 Å². The minimum atomic E-state index is 1.14. The molecule has 0 amide bonds. The van der Waals surface area contributed by atoms with Gasteiger partial charge in [-0.15, -0.1) is 11.3 Å². The molecule has 5 aromatic carbocycles. The van der Waals surface area contributed by atoms with Crippen LogP contribution in [0.25, 0.3) is 64.3 Å². The van der Waals surface area contributed by atoms with Gasteiger partial charge in [0.2, 0.25) is 0 Å². The Labute approximate surface area is 208 Å². The van der Waals surface area contributed by atoms with E-state index in [0.717, 1.165) is 5.56 Å². The fourth-order valence-electron chi connectivity index (χ4n) is 5.02. The number of thiophene rings is 1. The van der Waals surface area contributed by atoms with Crippen LogP contribution in [0.3, 0.4) is 0 Å². The van der Waals surface area contributed by atoms with Crippen molar-refractivity contribution in [1.82, 2.24) is 4.98 Å². The Morgan fingerprint density at radius 3 is 1.77 bits per heavy atom. The van der Waals surface area contributed by atoms with Crippen LogP contribution in [0.4, 0.5) is 0 Å². The molecular weight excluding hydrogens is 442 g/mol. The average Bonchev–Trinajstić information content (AvgIpc) is 3.32. The summed E-state index contributed by atoms with van der Waals surface area (Å²) in [6.07, 6.45) is 3.73. The number of aromatic nitrogens is 1. The van der Waals surface area contributed by atoms with Crippen molar-refractivity contribution in [2.75, 3.05) is 0 Å². The molecule has 0 radical (unpaired) electrons. The van der Waals surface area contributed by atoms with Crippen LogP contribution in [0, 0.1) is 0 Å². The van der Waals surface area contributed by atoms with Gasteiger partial charge >= 0.3 is 0 Å². The predicted molar refractivity (Wildman–Crippen MR) is 151 cm³/mol. The topological polar surface area (TPSA) is 12.9 Å². The van der Waals surface area contributed by atoms with Crippen LogP contribution in [0.2, 0.25) is 0 Å². The molecule has 0 fully saturated rings. The summed E-state index contributed by atoms with van der Waals surface area (Å²) < 4.78 is 2.69. The molecule has 0 spiro atoms. The number of pyridine rings is 1. The van der Waals surface area contributed by atoms with Gasteiger partial charge in [-0.25, -0.2) is 0 Å². The second-order valence-electron chi connectivity index (χ2n) is 8.85. The number of hydrogen-bond donors (Lipinski definition) is 0. The van der Waals surface area contributed by atoms with Crippen LogP contribution < -0.4 is 0 Å². The summed E-state index contributed by atoms with van der Waals surface area (Å²) in [6, 6.07) is 41.6. The highest BCUT2D eigenvalue weighted by molar-refractivity contribution is 7.26. The maximum Gasteiger partial charge on any atom is 0.0434 e. The van der Waals surface area contributed by atoms with Gasteiger partial charge in [-0.1, -0.05) is 97.1 Å². The molecule has 0 saturated heterocycles. The molecule has 0 aliphatic heterocycles. The lowest BCUT2D eigenvalue weighted by molar-refractivity contribution is 1.33. The van der Waals surface area contributed by atoms with E-state index in [1.54, 1.807) is 0 Å². The van der Waals surface area contributed by atoms with Crippen LogP contribution in [0.1, 0.15) is 0 Å². The number of rotatable bonds is 3. The Kier molecular flexibility index (Phi) is 4.71. The first-order valence-corrected chi connectivity index (χ1v) is 12.6. The molecule has 0 bridgehead atoms. The lowest BCUT2D eigenvalue weighted by Crippen LogP contribution is -1.82. The maximum atomic E-state index is 4.27. The second-order valence-corrected chi connectivity index (χ2v) is 9.87. The third-order valence-electron chi connectivity index (χ3n) is 6.76. The van der Waals surface area contributed by atoms with Gasteiger partial charge in [-0.3, -0.25) is 4.98 Å². The molecule has 0 saturated carbocycles. The van der Waals surface area contributed by atoms with Gasteiger partial charge < -0.3 is 0 Å². The zero-order valence-corrected chi connectivity index (χ0v) is 19.8. The largest absolute Gasteiger partial charge is 0.264 e. The van der Waals surface area contributed by atoms with E-state index in [4.69, 9.17) is 0 Å². The molecule has 2 heterocycles. The molecule has 0 N–H and O–H groups in total. The van der Waals surface area contributed by atoms with E-state index < -0.39 is 0 Å². The zero-order valence-electron chi connectivity index (χ0n) is 19.0. The SMILES string of the molecule is c1ccc(-c2cccc3c2sc2c(-c4ccc5cc(-c6cccnc6)ccc5c4)cccc23)cc1. The summed E-state index contributed by atoms with van der Waals surface area (Å²) in [6.45, 7) is 0. The molecule has 7 rings (SSSR count). The van der Waals surface area contributed by atoms with Crippen LogP contribution >= 0.6 is 11.3 Å². The Bertz CT molecular complexity index is 1830. The van der Waals surface area contributed by atoms with Crippen molar-refractivity contribution in [2.45, 2.75) is 0 Å². The van der Waals surface area contributed by atoms with Gasteiger partial charge in [-0.05, 0) is 56.8 Å². The third kappa shape index (κ3) is 3.42. The molecule has 0 aliphatic rings. The van der Waals surface area contributed by atoms with E-state index in [0.29, 0.717) is 0 Å². The van der Waals surface area contributed by atoms with Crippen molar-refractivity contribution in [3.63, 3.8) is 0 Å². The van der Waals surface area contributed by atoms with Crippen LogP contribution in [0.5, 0.6) is 0 Å². The summed E-state index contributed by atoms with van der Waals surface area (Å²) in [5, 5.41) is 5.14. The summed E-state index contributed by atoms with van der Waals surface area (Å²) >= 11 is 1.90. The summed E-state index contributed by atoms with van der Waals surface area (Å²) in [5.41, 5.74) is 7.45. The normalized spacial score (nSPS) is 11.4. The van der Waals surface area contributed by atoms with E-state index in [9.17, 15) is 0 Å². The Morgan fingerprint density at radius 2 is 1.09 bits per heavy atom. The van der Waals surface area contributed by atoms with Crippen molar-refractivity contribution in [1.29, 1.82) is 0 Å². The van der Waals surface area contributed by atoms with E-state index in [-0.39, 0.29) is 0 Å². The van der Waals surface area contributed by atoms with Gasteiger partial charge in [0.15, 0.2) is 0 Å². The number of benzene rings is 5. The Hall–Kier alpha value is -4.27. The van der Waals surface area contributed by atoms with Gasteiger partial charge in [-0.2, -0.15) is 0 Å². The first-order chi connectivity index (χ1) is 17.3. The fraction of sp³-hybridized carbons (Fsp3) is 0. The molecular formula is C33H21NS. The minimum Gasteiger partial charge on any atom is -0.264 e. The Balaban J connectivity index is 1.39. The number of fused-ring (bicyclic) bond motifs is 4. The standard InChI is InChI=1S/C33H21NS/c1-2-7-22(8-3-1)28-10-4-12-30-31-13-5-11-29(33(31)35-32(28)30)26-17-16-23-19-25(15-14-24(23)20-26)27-9-6-18-34-21-27/h1-21H. The maximum absolute atomic E-state index is 4.27. The lowest BCUT2D eigenvalue weighted by atomic mass is 9.97. The van der Waals surface area contributed by atoms with E-state index in [1.807, 2.05) is 29.8 Å². The predicted octanol–water partition coefficient (Wildman–Crippen LogP) is 9.60. The van der Waals surface area contributed by atoms with Gasteiger partial charge in [0.25, 0.3) is 0 Å². The molecule has 0 unspecified atom stereocenters. The first kappa shape index (κ1) is 20.1. The van der Waals surface area contributed by atoms with Crippen molar-refractivity contribution >= 4 is 42.3 Å². The highest BCUT2D eigenvalue weighted by Gasteiger charge is 2.14. The summed E-state index contributed by atoms with van der Waals surface area (Å²) in [7, 11) is 0. The van der Waals surface area contributed by atoms with Gasteiger partial charge in [0, 0.05) is 38.1 Å². The molecule has 2 heteroatoms. The van der Waals surface area contributed by atoms with Crippen LogP contribution in [-0.4, -0.2) is 4.98 Å². The van der Waals surface area contributed by atoms with Gasteiger partial charge in [0.1, 0.15) is 0 Å². The minimum absolute atomic E-state index is 1.14. The van der Waals surface area contributed by atoms with E-state index in [2.05, 4.69) is 114 Å². The molecule has 2 aromatic heterocycles. The smallest absolute Gasteiger partial charge is 0.0434 e. The Morgan fingerprint density at radius 1 is 0.457 bits per heavy atom. The average molecular weight is 464 g/mol. The van der Waals surface area contributed by atoms with Gasteiger partial charge in [0.05, 0.1) is 0 Å². The van der Waals surface area contributed by atoms with E-state index >= 15 is 0 Å². The van der Waals surface area contributed by atoms with E-state index in [1.165, 1.54) is 58.8 Å². The van der Waals surface area contributed by atoms with Crippen molar-refractivity contribution < 1.29 is 0 Å². The summed E-state index contributed by atoms with van der Waals surface area (Å²) in [4.78, 5) is 4.27. The quantitative estimate of drug-likeness (QED) is 0.254. The molecule has 164 valence electrons. The highest BCUT2D eigenvalue weighted by Crippen LogP contribution is 2.44. The molecule has 0 aliphatic carbocycles. The number of nitrogens with zero attached hydrogens (tertiary/aromatic N) is 1. The molecule has 35 heavy (non-hydrogen) atoms. The molecule has 0 atom stereocenters. The summed E-state index contributed by atoms with van der Waals surface area (Å²) in [5.74, 6) is 0. The second kappa shape index (κ2) is 8.19. The van der Waals surface area contributed by atoms with Crippen molar-refractivity contribution in [2.24, 2.45) is 0 Å². The van der Waals surface area contributed by atoms with Crippen molar-refractivity contribution in [3.05, 3.63) is 128 Å². The zero-order chi connectivity index (χ0) is 23.2. The fourth-order valence-corrected chi connectivity index (χ4v) is 6.39. The van der Waals surface area contributed by atoms with Crippen molar-refractivity contribution in [3.8, 4) is 33.4 Å².